The van der Waals surface area contributed by atoms with Crippen molar-refractivity contribution in [1.82, 2.24) is 19.4 Å². The number of anilines is 1. The summed E-state index contributed by atoms with van der Waals surface area (Å²) in [5.74, 6) is -0.470. The van der Waals surface area contributed by atoms with E-state index in [0.717, 1.165) is 43.3 Å². The third-order valence-electron chi connectivity index (χ3n) is 5.99. The number of ether oxygens (including phenoxy) is 1. The summed E-state index contributed by atoms with van der Waals surface area (Å²) in [5, 5.41) is 3.30. The molecule has 8 nitrogen and oxygen atoms in total. The lowest BCUT2D eigenvalue weighted by Crippen LogP contribution is -2.39. The van der Waals surface area contributed by atoms with Gasteiger partial charge in [-0.1, -0.05) is 12.1 Å². The molecular weight excluding hydrogens is 433 g/mol. The van der Waals surface area contributed by atoms with Crippen LogP contribution in [-0.4, -0.2) is 64.8 Å². The molecule has 0 unspecified atom stereocenters. The Morgan fingerprint density at radius 2 is 2.00 bits per heavy atom. The van der Waals surface area contributed by atoms with Crippen LogP contribution in [0.25, 0.3) is 10.2 Å². The molecule has 0 bridgehead atoms. The van der Waals surface area contributed by atoms with Gasteiger partial charge in [-0.2, -0.15) is 0 Å². The lowest BCUT2D eigenvalue weighted by molar-refractivity contribution is 0.0362. The molecule has 2 aliphatic rings. The Hall–Kier alpha value is -2.82. The number of rotatable bonds is 4. The number of nitrogens with zero attached hydrogens (tertiary/aromatic N) is 4. The number of amides is 2. The molecule has 168 valence electrons. The molecule has 5 rings (SSSR count). The zero-order valence-corrected chi connectivity index (χ0v) is 18.4. The molecule has 4 heterocycles. The first kappa shape index (κ1) is 21.0. The summed E-state index contributed by atoms with van der Waals surface area (Å²) in [6.45, 7) is 5.42. The molecule has 10 heteroatoms. The van der Waals surface area contributed by atoms with Crippen LogP contribution in [0.5, 0.6) is 0 Å². The van der Waals surface area contributed by atoms with Gasteiger partial charge in [0.25, 0.3) is 5.56 Å². The highest BCUT2D eigenvalue weighted by atomic mass is 32.1. The molecule has 3 aromatic rings. The molecule has 1 aromatic carbocycles. The molecule has 1 fully saturated rings. The van der Waals surface area contributed by atoms with Crippen LogP contribution in [0.15, 0.2) is 35.4 Å². The third kappa shape index (κ3) is 4.13. The Balaban J connectivity index is 1.32. The zero-order valence-electron chi connectivity index (χ0n) is 17.6. The van der Waals surface area contributed by atoms with Crippen molar-refractivity contribution in [3.63, 3.8) is 0 Å². The van der Waals surface area contributed by atoms with Crippen molar-refractivity contribution in [3.05, 3.63) is 57.2 Å². The van der Waals surface area contributed by atoms with Crippen LogP contribution < -0.4 is 10.9 Å². The van der Waals surface area contributed by atoms with Gasteiger partial charge in [-0.05, 0) is 24.1 Å². The summed E-state index contributed by atoms with van der Waals surface area (Å²) in [5.41, 5.74) is 1.12. The molecule has 0 saturated carbocycles. The number of benzene rings is 1. The summed E-state index contributed by atoms with van der Waals surface area (Å²) in [7, 11) is 0. The highest BCUT2D eigenvalue weighted by molar-refractivity contribution is 7.18. The zero-order chi connectivity index (χ0) is 22.1. The van der Waals surface area contributed by atoms with Crippen LogP contribution in [0.4, 0.5) is 14.9 Å². The van der Waals surface area contributed by atoms with Crippen molar-refractivity contribution in [2.75, 3.05) is 44.7 Å². The predicted molar refractivity (Wildman–Crippen MR) is 121 cm³/mol. The van der Waals surface area contributed by atoms with Crippen LogP contribution >= 0.6 is 11.3 Å². The van der Waals surface area contributed by atoms with Crippen LogP contribution in [0.2, 0.25) is 0 Å². The van der Waals surface area contributed by atoms with Gasteiger partial charge in [0, 0.05) is 37.6 Å². The minimum absolute atomic E-state index is 0.0231. The molecular formula is C22H24FN5O3S. The van der Waals surface area contributed by atoms with Crippen molar-refractivity contribution in [2.45, 2.75) is 19.5 Å². The summed E-state index contributed by atoms with van der Waals surface area (Å²) >= 11 is 1.45. The number of urea groups is 1. The first-order valence-corrected chi connectivity index (χ1v) is 11.5. The van der Waals surface area contributed by atoms with Crippen molar-refractivity contribution in [3.8, 4) is 0 Å². The number of carbonyl (C=O) groups excluding carboxylic acids is 1. The summed E-state index contributed by atoms with van der Waals surface area (Å²) < 4.78 is 20.9. The standard InChI is InChI=1S/C22H24FN5O3S/c23-16-3-1-2-4-17(16)25-22(30)27-6-5-15-18(13-27)32-20-19(15)21(29)28(14-24-20)8-7-26-9-11-31-12-10-26/h1-4,14H,5-13H2,(H,25,30). The van der Waals surface area contributed by atoms with Gasteiger partial charge in [0.1, 0.15) is 10.6 Å². The van der Waals surface area contributed by atoms with E-state index in [1.807, 2.05) is 0 Å². The maximum absolute atomic E-state index is 13.9. The Bertz CT molecular complexity index is 1200. The van der Waals surface area contributed by atoms with Crippen LogP contribution in [0.3, 0.4) is 0 Å². The van der Waals surface area contributed by atoms with Crippen molar-refractivity contribution >= 4 is 33.3 Å². The SMILES string of the molecule is O=C(Nc1ccccc1F)N1CCc2c(sc3ncn(CCN4CCOCC4)c(=O)c23)C1. The second-order valence-corrected chi connectivity index (χ2v) is 9.05. The highest BCUT2D eigenvalue weighted by Gasteiger charge is 2.27. The number of fused-ring (bicyclic) bond motifs is 3. The van der Waals surface area contributed by atoms with E-state index < -0.39 is 5.82 Å². The average molecular weight is 458 g/mol. The van der Waals surface area contributed by atoms with Gasteiger partial charge in [-0.3, -0.25) is 14.3 Å². The first-order chi connectivity index (χ1) is 15.6. The van der Waals surface area contributed by atoms with Crippen molar-refractivity contribution in [1.29, 1.82) is 0 Å². The minimum atomic E-state index is -0.470. The van der Waals surface area contributed by atoms with E-state index in [2.05, 4.69) is 15.2 Å². The number of halogens is 1. The fourth-order valence-corrected chi connectivity index (χ4v) is 5.38. The molecule has 32 heavy (non-hydrogen) atoms. The average Bonchev–Trinajstić information content (AvgIpc) is 3.19. The molecule has 2 aliphatic heterocycles. The maximum atomic E-state index is 13.9. The van der Waals surface area contributed by atoms with Gasteiger partial charge in [-0.25, -0.2) is 14.2 Å². The fraction of sp³-hybridized carbons (Fsp3) is 0.409. The third-order valence-corrected chi connectivity index (χ3v) is 7.12. The van der Waals surface area contributed by atoms with E-state index in [9.17, 15) is 14.0 Å². The van der Waals surface area contributed by atoms with Gasteiger partial charge in [-0.15, -0.1) is 11.3 Å². The van der Waals surface area contributed by atoms with E-state index in [-0.39, 0.29) is 17.3 Å². The minimum Gasteiger partial charge on any atom is -0.379 e. The first-order valence-electron chi connectivity index (χ1n) is 10.7. The Morgan fingerprint density at radius 3 is 2.81 bits per heavy atom. The molecule has 0 spiro atoms. The molecule has 0 aliphatic carbocycles. The monoisotopic (exact) mass is 457 g/mol. The van der Waals surface area contributed by atoms with E-state index in [1.54, 1.807) is 27.9 Å². The number of nitrogens with one attached hydrogen (secondary N) is 1. The second kappa shape index (κ2) is 8.97. The molecule has 0 radical (unpaired) electrons. The van der Waals surface area contributed by atoms with Crippen LogP contribution in [-0.2, 0) is 24.2 Å². The number of aromatic nitrogens is 2. The van der Waals surface area contributed by atoms with Crippen molar-refractivity contribution < 1.29 is 13.9 Å². The molecule has 1 saturated heterocycles. The Labute approximate surface area is 188 Å². The summed E-state index contributed by atoms with van der Waals surface area (Å²) in [6.07, 6.45) is 2.19. The summed E-state index contributed by atoms with van der Waals surface area (Å²) in [4.78, 5) is 36.0. The number of morpholine rings is 1. The lowest BCUT2D eigenvalue weighted by Gasteiger charge is -2.27. The predicted octanol–water partition coefficient (Wildman–Crippen LogP) is 2.52. The number of para-hydroxylation sites is 1. The van der Waals surface area contributed by atoms with E-state index in [1.165, 1.54) is 23.5 Å². The number of hydrogen-bond donors (Lipinski definition) is 1. The largest absolute Gasteiger partial charge is 0.379 e. The molecule has 0 atom stereocenters. The Morgan fingerprint density at radius 1 is 1.19 bits per heavy atom. The van der Waals surface area contributed by atoms with Gasteiger partial charge in [0.2, 0.25) is 0 Å². The quantitative estimate of drug-likeness (QED) is 0.651. The number of thiophene rings is 1. The van der Waals surface area contributed by atoms with Gasteiger partial charge >= 0.3 is 6.03 Å². The number of carbonyl (C=O) groups is 1. The maximum Gasteiger partial charge on any atom is 0.322 e. The lowest BCUT2D eigenvalue weighted by atomic mass is 10.1. The van der Waals surface area contributed by atoms with Gasteiger partial charge in [0.15, 0.2) is 0 Å². The Kier molecular flexibility index (Phi) is 5.90. The van der Waals surface area contributed by atoms with E-state index in [0.29, 0.717) is 36.3 Å². The van der Waals surface area contributed by atoms with Crippen LogP contribution in [0, 0.1) is 5.82 Å². The van der Waals surface area contributed by atoms with E-state index in [4.69, 9.17) is 4.74 Å². The smallest absolute Gasteiger partial charge is 0.322 e. The highest BCUT2D eigenvalue weighted by Crippen LogP contribution is 2.32. The number of hydrogen-bond acceptors (Lipinski definition) is 6. The van der Waals surface area contributed by atoms with Crippen molar-refractivity contribution in [2.24, 2.45) is 0 Å². The molecule has 2 aromatic heterocycles. The van der Waals surface area contributed by atoms with Crippen LogP contribution in [0.1, 0.15) is 10.4 Å². The normalized spacial score (nSPS) is 16.8. The topological polar surface area (TPSA) is 79.7 Å². The fourth-order valence-electron chi connectivity index (χ4n) is 4.18. The second-order valence-electron chi connectivity index (χ2n) is 7.96. The molecule has 1 N–H and O–H groups in total. The van der Waals surface area contributed by atoms with Gasteiger partial charge in [0.05, 0.1) is 37.2 Å². The van der Waals surface area contributed by atoms with Gasteiger partial charge < -0.3 is 15.0 Å². The summed E-state index contributed by atoms with van der Waals surface area (Å²) in [6, 6.07) is 5.75. The van der Waals surface area contributed by atoms with E-state index >= 15 is 0 Å². The molecule has 2 amide bonds.